The molecule has 324 valence electrons. The minimum atomic E-state index is -0.756. The van der Waals surface area contributed by atoms with Gasteiger partial charge in [0.25, 0.3) is 0 Å². The van der Waals surface area contributed by atoms with E-state index in [1.165, 1.54) is 89.5 Å². The lowest BCUT2D eigenvalue weighted by atomic mass is 9.62. The minimum Gasteiger partial charge on any atom is -0.310 e. The van der Waals surface area contributed by atoms with Crippen molar-refractivity contribution in [3.8, 4) is 0 Å². The molecule has 0 unspecified atom stereocenters. The van der Waals surface area contributed by atoms with Crippen LogP contribution in [-0.4, -0.2) is 0 Å². The van der Waals surface area contributed by atoms with E-state index in [4.69, 9.17) is 0 Å². The molecule has 0 saturated heterocycles. The van der Waals surface area contributed by atoms with Gasteiger partial charge in [-0.3, -0.25) is 0 Å². The van der Waals surface area contributed by atoms with Crippen LogP contribution in [0.3, 0.4) is 0 Å². The molecule has 0 amide bonds. The number of hydrogen-bond acceptors (Lipinski definition) is 3. The fourth-order valence-corrected chi connectivity index (χ4v) is 10.4. The van der Waals surface area contributed by atoms with Crippen LogP contribution >= 0.6 is 0 Å². The lowest BCUT2D eigenvalue weighted by molar-refractivity contribution is 0.731. The van der Waals surface area contributed by atoms with E-state index in [0.717, 1.165) is 28.4 Å². The molecule has 10 rings (SSSR count). The zero-order valence-corrected chi connectivity index (χ0v) is 39.4. The molecule has 9 aromatic carbocycles. The minimum absolute atomic E-state index is 0.756. The number of hydrogen-bond donors (Lipinski definition) is 0. The molecule has 1 aliphatic rings. The quantitative estimate of drug-likeness (QED) is 0.143. The van der Waals surface area contributed by atoms with Crippen LogP contribution in [0.5, 0.6) is 0 Å². The van der Waals surface area contributed by atoms with Gasteiger partial charge in [0.15, 0.2) is 0 Å². The third kappa shape index (κ3) is 6.89. The highest BCUT2D eigenvalue weighted by molar-refractivity contribution is 5.91. The smallest absolute Gasteiger partial charge is 0.0743 e. The van der Waals surface area contributed by atoms with Crippen LogP contribution < -0.4 is 14.7 Å². The maximum absolute atomic E-state index is 2.48. The molecule has 1 aliphatic heterocycles. The van der Waals surface area contributed by atoms with Gasteiger partial charge < -0.3 is 14.7 Å². The Morgan fingerprint density at radius 2 is 0.652 bits per heavy atom. The molecule has 3 nitrogen and oxygen atoms in total. The molecule has 0 radical (unpaired) electrons. The normalized spacial score (nSPS) is 12.6. The topological polar surface area (TPSA) is 9.72 Å². The first kappa shape index (κ1) is 42.3. The summed E-state index contributed by atoms with van der Waals surface area (Å²) in [6.45, 7) is 17.9. The molecule has 0 atom stereocenters. The molecule has 0 bridgehead atoms. The molecule has 1 heterocycles. The van der Waals surface area contributed by atoms with E-state index >= 15 is 0 Å². The maximum atomic E-state index is 2.48. The first-order valence-corrected chi connectivity index (χ1v) is 23.2. The third-order valence-electron chi connectivity index (χ3n) is 14.5. The van der Waals surface area contributed by atoms with Gasteiger partial charge in [0.05, 0.1) is 16.8 Å². The predicted octanol–water partition coefficient (Wildman–Crippen LogP) is 17.3. The van der Waals surface area contributed by atoms with E-state index in [1.807, 2.05) is 0 Å². The summed E-state index contributed by atoms with van der Waals surface area (Å²) in [5.74, 6) is 0. The van der Waals surface area contributed by atoms with E-state index in [9.17, 15) is 0 Å². The van der Waals surface area contributed by atoms with Crippen LogP contribution in [0.4, 0.5) is 51.2 Å². The van der Waals surface area contributed by atoms with E-state index in [0.29, 0.717) is 0 Å². The van der Waals surface area contributed by atoms with E-state index in [2.05, 4.69) is 270 Å². The molecule has 0 spiro atoms. The van der Waals surface area contributed by atoms with Gasteiger partial charge in [-0.05, 0) is 195 Å². The highest BCUT2D eigenvalue weighted by atomic mass is 15.2. The number of anilines is 9. The fraction of sp³-hybridized carbons (Fsp3) is 0.143. The Morgan fingerprint density at radius 3 is 1.03 bits per heavy atom. The molecule has 0 fully saturated rings. The van der Waals surface area contributed by atoms with Crippen LogP contribution in [0.25, 0.3) is 0 Å². The number of benzene rings is 9. The van der Waals surface area contributed by atoms with Gasteiger partial charge >= 0.3 is 0 Å². The summed E-state index contributed by atoms with van der Waals surface area (Å²) in [7, 11) is 0. The van der Waals surface area contributed by atoms with Crippen molar-refractivity contribution in [3.05, 3.63) is 267 Å². The summed E-state index contributed by atoms with van der Waals surface area (Å²) in [6.07, 6.45) is 0. The Labute approximate surface area is 391 Å². The van der Waals surface area contributed by atoms with Gasteiger partial charge in [0.1, 0.15) is 0 Å². The van der Waals surface area contributed by atoms with Crippen LogP contribution in [0.2, 0.25) is 0 Å². The largest absolute Gasteiger partial charge is 0.310 e. The predicted molar refractivity (Wildman–Crippen MR) is 280 cm³/mol. The second kappa shape index (κ2) is 17.1. The van der Waals surface area contributed by atoms with Crippen molar-refractivity contribution in [1.82, 2.24) is 0 Å². The molecular weight excluding hydrogens is 799 g/mol. The highest BCUT2D eigenvalue weighted by Crippen LogP contribution is 2.59. The summed E-state index contributed by atoms with van der Waals surface area (Å²) in [5.41, 5.74) is 24.5. The van der Waals surface area contributed by atoms with Crippen molar-refractivity contribution in [1.29, 1.82) is 0 Å². The van der Waals surface area contributed by atoms with Crippen molar-refractivity contribution in [2.24, 2.45) is 0 Å². The van der Waals surface area contributed by atoms with Crippen molar-refractivity contribution in [2.45, 2.75) is 60.8 Å². The second-order valence-corrected chi connectivity index (χ2v) is 18.1. The zero-order chi connectivity index (χ0) is 45.7. The Bertz CT molecular complexity index is 2970. The third-order valence-corrected chi connectivity index (χ3v) is 14.5. The molecule has 9 aromatic rings. The van der Waals surface area contributed by atoms with E-state index in [1.54, 1.807) is 0 Å². The monoisotopic (exact) mass is 855 g/mol. The molecule has 0 N–H and O–H groups in total. The van der Waals surface area contributed by atoms with Crippen molar-refractivity contribution in [2.75, 3.05) is 14.7 Å². The van der Waals surface area contributed by atoms with Crippen molar-refractivity contribution < 1.29 is 0 Å². The van der Waals surface area contributed by atoms with Crippen LogP contribution in [0, 0.1) is 55.4 Å². The summed E-state index contributed by atoms with van der Waals surface area (Å²) in [4.78, 5) is 7.42. The van der Waals surface area contributed by atoms with Crippen LogP contribution in [0.1, 0.15) is 66.8 Å². The van der Waals surface area contributed by atoms with Crippen molar-refractivity contribution >= 4 is 51.2 Å². The van der Waals surface area contributed by atoms with E-state index < -0.39 is 5.41 Å². The number of aryl methyl sites for hydroxylation is 4. The maximum Gasteiger partial charge on any atom is 0.0743 e. The molecule has 0 aromatic heterocycles. The van der Waals surface area contributed by atoms with Gasteiger partial charge in [0.2, 0.25) is 0 Å². The summed E-state index contributed by atoms with van der Waals surface area (Å²) >= 11 is 0. The summed E-state index contributed by atoms with van der Waals surface area (Å²) < 4.78 is 0. The molecule has 66 heavy (non-hydrogen) atoms. The number of rotatable bonds is 9. The van der Waals surface area contributed by atoms with Gasteiger partial charge in [-0.25, -0.2) is 0 Å². The Balaban J connectivity index is 1.31. The molecule has 3 heteroatoms. The van der Waals surface area contributed by atoms with Crippen LogP contribution in [0.15, 0.2) is 200 Å². The number of nitrogens with zero attached hydrogens (tertiary/aromatic N) is 3. The fourth-order valence-electron chi connectivity index (χ4n) is 10.4. The summed E-state index contributed by atoms with van der Waals surface area (Å²) in [6, 6.07) is 74.4. The Kier molecular flexibility index (Phi) is 10.9. The van der Waals surface area contributed by atoms with Crippen molar-refractivity contribution in [3.63, 3.8) is 0 Å². The van der Waals surface area contributed by atoms with Crippen LogP contribution in [-0.2, 0) is 5.41 Å². The number of para-hydroxylation sites is 3. The molecule has 0 aliphatic carbocycles. The Hall–Kier alpha value is -7.62. The second-order valence-electron chi connectivity index (χ2n) is 18.1. The van der Waals surface area contributed by atoms with Gasteiger partial charge in [0, 0.05) is 39.8 Å². The molecule has 0 saturated carbocycles. The SMILES string of the molecule is Cc1cccc(N(c2cccc(C3(c4cccc(N(c5cccc(C)c5C)c5cccc(C)c5C)c4)c4ccccc4N(c4ccccc4)c4ccccc43)c2)c2cccc(C)c2C)c1C. The number of fused-ring (bicyclic) bond motifs is 2. The zero-order valence-electron chi connectivity index (χ0n) is 39.4. The van der Waals surface area contributed by atoms with Gasteiger partial charge in [-0.15, -0.1) is 0 Å². The lowest BCUT2D eigenvalue weighted by Gasteiger charge is -2.47. The van der Waals surface area contributed by atoms with E-state index in [-0.39, 0.29) is 0 Å². The summed E-state index contributed by atoms with van der Waals surface area (Å²) in [5, 5.41) is 0. The first-order valence-electron chi connectivity index (χ1n) is 23.2. The average molecular weight is 856 g/mol. The average Bonchev–Trinajstić information content (AvgIpc) is 3.34. The lowest BCUT2D eigenvalue weighted by Crippen LogP contribution is -2.38. The Morgan fingerprint density at radius 1 is 0.318 bits per heavy atom. The van der Waals surface area contributed by atoms with Gasteiger partial charge in [-0.1, -0.05) is 127 Å². The molecular formula is C63H57N3. The highest BCUT2D eigenvalue weighted by Gasteiger charge is 2.47. The standard InChI is InChI=1S/C63H57N3/c1-42-22-16-36-57(46(42)5)65(58-37-17-23-43(2)47(58)6)53-30-20-26-50(40-53)63(55-32-12-14-34-61(55)64(52-28-10-9-11-29-52)62-35-15-13-33-56(62)63)51-27-21-31-54(41-51)66(59-38-18-24-44(3)48(59)7)60-39-19-25-45(4)49(60)8/h9-41H,1-8H3. The first-order chi connectivity index (χ1) is 32.1. The van der Waals surface area contributed by atoms with Gasteiger partial charge in [-0.2, -0.15) is 0 Å².